The first-order valence-corrected chi connectivity index (χ1v) is 10.9. The first-order valence-electron chi connectivity index (χ1n) is 10.1. The van der Waals surface area contributed by atoms with E-state index in [1.54, 1.807) is 48.5 Å². The lowest BCUT2D eigenvalue weighted by molar-refractivity contribution is 0.0696. The number of nitrogens with one attached hydrogen (secondary N) is 1. The molecule has 32 heavy (non-hydrogen) atoms. The minimum absolute atomic E-state index is 0.102. The van der Waals surface area contributed by atoms with Gasteiger partial charge in [0.05, 0.1) is 16.9 Å². The highest BCUT2D eigenvalue weighted by Gasteiger charge is 2.22. The Hall–Kier alpha value is -3.39. The van der Waals surface area contributed by atoms with Crippen molar-refractivity contribution in [2.24, 2.45) is 0 Å². The quantitative estimate of drug-likeness (QED) is 0.526. The Kier molecular flexibility index (Phi) is 6.41. The second-order valence-electron chi connectivity index (χ2n) is 7.45. The lowest BCUT2D eigenvalue weighted by atomic mass is 10.1. The van der Waals surface area contributed by atoms with E-state index in [-0.39, 0.29) is 17.3 Å². The number of carboxylic acids is 1. The average molecular weight is 498 g/mol. The summed E-state index contributed by atoms with van der Waals surface area (Å²) in [6.45, 7) is 2.77. The molecule has 164 valence electrons. The molecule has 4 rings (SSSR count). The Bertz CT molecular complexity index is 1130. The normalized spacial score (nSPS) is 13.7. The highest BCUT2D eigenvalue weighted by molar-refractivity contribution is 9.10. The minimum atomic E-state index is -1.06. The smallest absolute Gasteiger partial charge is 0.335 e. The van der Waals surface area contributed by atoms with E-state index in [0.717, 1.165) is 15.8 Å². The molecule has 0 bridgehead atoms. The molecular weight excluding hydrogens is 477 g/mol. The molecule has 8 heteroatoms. The van der Waals surface area contributed by atoms with E-state index in [0.29, 0.717) is 37.4 Å². The molecule has 1 fully saturated rings. The van der Waals surface area contributed by atoms with Crippen molar-refractivity contribution in [2.75, 3.05) is 41.3 Å². The molecule has 0 aromatic heterocycles. The summed E-state index contributed by atoms with van der Waals surface area (Å²) in [6, 6.07) is 18.1. The first-order chi connectivity index (χ1) is 15.4. The molecule has 0 radical (unpaired) electrons. The molecule has 1 aliphatic heterocycles. The molecule has 0 spiro atoms. The number of hydrogen-bond acceptors (Lipinski definition) is 4. The van der Waals surface area contributed by atoms with Crippen molar-refractivity contribution in [2.45, 2.75) is 0 Å². The van der Waals surface area contributed by atoms with Crippen LogP contribution in [0.25, 0.3) is 0 Å². The molecule has 0 atom stereocenters. The number of nitrogens with zero attached hydrogens (tertiary/aromatic N) is 2. The summed E-state index contributed by atoms with van der Waals surface area (Å²) in [5.41, 5.74) is 2.74. The van der Waals surface area contributed by atoms with Gasteiger partial charge in [-0.25, -0.2) is 9.18 Å². The van der Waals surface area contributed by atoms with Gasteiger partial charge in [-0.3, -0.25) is 4.79 Å². The number of halogens is 2. The van der Waals surface area contributed by atoms with E-state index in [2.05, 4.69) is 31.0 Å². The fourth-order valence-corrected chi connectivity index (χ4v) is 3.96. The summed E-state index contributed by atoms with van der Waals surface area (Å²) < 4.78 is 14.1. The van der Waals surface area contributed by atoms with Crippen molar-refractivity contribution >= 4 is 44.9 Å². The summed E-state index contributed by atoms with van der Waals surface area (Å²) in [4.78, 5) is 28.6. The molecule has 0 saturated carbocycles. The predicted molar refractivity (Wildman–Crippen MR) is 126 cm³/mol. The van der Waals surface area contributed by atoms with Crippen LogP contribution in [0.3, 0.4) is 0 Å². The van der Waals surface area contributed by atoms with Crippen LogP contribution in [-0.4, -0.2) is 43.2 Å². The summed E-state index contributed by atoms with van der Waals surface area (Å²) in [7, 11) is 0. The fourth-order valence-electron chi connectivity index (χ4n) is 3.70. The number of hydrogen-bond donors (Lipinski definition) is 2. The van der Waals surface area contributed by atoms with Gasteiger partial charge in [0.15, 0.2) is 0 Å². The van der Waals surface area contributed by atoms with Gasteiger partial charge in [0, 0.05) is 41.9 Å². The third kappa shape index (κ3) is 4.91. The zero-order valence-electron chi connectivity index (χ0n) is 17.1. The molecule has 0 aliphatic carbocycles. The second-order valence-corrected chi connectivity index (χ2v) is 8.36. The minimum Gasteiger partial charge on any atom is -0.478 e. The van der Waals surface area contributed by atoms with Gasteiger partial charge in [-0.05, 0) is 66.7 Å². The van der Waals surface area contributed by atoms with E-state index in [9.17, 15) is 19.1 Å². The van der Waals surface area contributed by atoms with Crippen LogP contribution in [0.15, 0.2) is 71.2 Å². The summed E-state index contributed by atoms with van der Waals surface area (Å²) in [6.07, 6.45) is 0. The van der Waals surface area contributed by atoms with Gasteiger partial charge in [0.2, 0.25) is 0 Å². The van der Waals surface area contributed by atoms with Crippen LogP contribution in [0.2, 0.25) is 0 Å². The molecule has 6 nitrogen and oxygen atoms in total. The number of aromatic carboxylic acids is 1. The van der Waals surface area contributed by atoms with E-state index in [4.69, 9.17) is 0 Å². The summed E-state index contributed by atoms with van der Waals surface area (Å²) >= 11 is 3.35. The van der Waals surface area contributed by atoms with Crippen LogP contribution in [0.5, 0.6) is 0 Å². The van der Waals surface area contributed by atoms with E-state index in [1.807, 2.05) is 0 Å². The van der Waals surface area contributed by atoms with Crippen molar-refractivity contribution in [3.63, 3.8) is 0 Å². The third-order valence-corrected chi connectivity index (χ3v) is 5.94. The van der Waals surface area contributed by atoms with Gasteiger partial charge in [-0.1, -0.05) is 15.9 Å². The molecule has 3 aromatic carbocycles. The highest BCUT2D eigenvalue weighted by atomic mass is 79.9. The second kappa shape index (κ2) is 9.40. The largest absolute Gasteiger partial charge is 0.478 e. The van der Waals surface area contributed by atoms with Crippen LogP contribution in [0.1, 0.15) is 20.7 Å². The Morgan fingerprint density at radius 3 is 2.06 bits per heavy atom. The standard InChI is InChI=1S/C24H21BrFN3O3/c25-18-4-1-16(2-5-18)23(30)27-21-15-17(24(31)32)3-10-22(21)29-13-11-28(12-14-29)20-8-6-19(26)7-9-20/h1-10,15H,11-14H2,(H,27,30)(H,31,32). The van der Waals surface area contributed by atoms with Crippen molar-refractivity contribution in [1.82, 2.24) is 0 Å². The van der Waals surface area contributed by atoms with Crippen molar-refractivity contribution in [3.8, 4) is 0 Å². The Balaban J connectivity index is 1.54. The van der Waals surface area contributed by atoms with Gasteiger partial charge in [-0.2, -0.15) is 0 Å². The van der Waals surface area contributed by atoms with Crippen LogP contribution in [0, 0.1) is 5.82 Å². The van der Waals surface area contributed by atoms with Crippen LogP contribution in [-0.2, 0) is 0 Å². The van der Waals surface area contributed by atoms with Gasteiger partial charge in [0.25, 0.3) is 5.91 Å². The number of piperazine rings is 1. The maximum absolute atomic E-state index is 13.2. The maximum Gasteiger partial charge on any atom is 0.335 e. The van der Waals surface area contributed by atoms with Crippen LogP contribution < -0.4 is 15.1 Å². The lowest BCUT2D eigenvalue weighted by Gasteiger charge is -2.38. The number of carbonyl (C=O) groups excluding carboxylic acids is 1. The number of amides is 1. The molecule has 1 heterocycles. The molecular formula is C24H21BrFN3O3. The number of carbonyl (C=O) groups is 2. The number of benzene rings is 3. The van der Waals surface area contributed by atoms with Crippen LogP contribution in [0.4, 0.5) is 21.5 Å². The monoisotopic (exact) mass is 497 g/mol. The maximum atomic E-state index is 13.2. The van der Waals surface area contributed by atoms with Gasteiger partial charge < -0.3 is 20.2 Å². The number of carboxylic acid groups (broad SMARTS) is 1. The molecule has 1 aliphatic rings. The first kappa shape index (κ1) is 21.8. The van der Waals surface area contributed by atoms with E-state index < -0.39 is 5.97 Å². The molecule has 0 unspecified atom stereocenters. The Morgan fingerprint density at radius 1 is 0.844 bits per heavy atom. The Labute approximate surface area is 193 Å². The molecule has 2 N–H and O–H groups in total. The SMILES string of the molecule is O=C(O)c1ccc(N2CCN(c3ccc(F)cc3)CC2)c(NC(=O)c2ccc(Br)cc2)c1. The number of anilines is 3. The van der Waals surface area contributed by atoms with Crippen molar-refractivity contribution in [1.29, 1.82) is 0 Å². The zero-order valence-corrected chi connectivity index (χ0v) is 18.7. The lowest BCUT2D eigenvalue weighted by Crippen LogP contribution is -2.46. The third-order valence-electron chi connectivity index (χ3n) is 5.41. The number of rotatable bonds is 5. The van der Waals surface area contributed by atoms with E-state index in [1.165, 1.54) is 18.2 Å². The average Bonchev–Trinajstić information content (AvgIpc) is 2.80. The van der Waals surface area contributed by atoms with E-state index >= 15 is 0 Å². The predicted octanol–water partition coefficient (Wildman–Crippen LogP) is 4.87. The van der Waals surface area contributed by atoms with Crippen molar-refractivity contribution < 1.29 is 19.1 Å². The summed E-state index contributed by atoms with van der Waals surface area (Å²) in [5.74, 6) is -1.64. The highest BCUT2D eigenvalue weighted by Crippen LogP contribution is 2.30. The van der Waals surface area contributed by atoms with Crippen LogP contribution >= 0.6 is 15.9 Å². The zero-order chi connectivity index (χ0) is 22.7. The summed E-state index contributed by atoms with van der Waals surface area (Å²) in [5, 5.41) is 12.3. The molecule has 3 aromatic rings. The molecule has 1 amide bonds. The van der Waals surface area contributed by atoms with Gasteiger partial charge >= 0.3 is 5.97 Å². The topological polar surface area (TPSA) is 72.9 Å². The van der Waals surface area contributed by atoms with Crippen molar-refractivity contribution in [3.05, 3.63) is 88.1 Å². The molecule has 1 saturated heterocycles. The Morgan fingerprint density at radius 2 is 1.44 bits per heavy atom. The fraction of sp³-hybridized carbons (Fsp3) is 0.167. The van der Waals surface area contributed by atoms with Gasteiger partial charge in [-0.15, -0.1) is 0 Å². The van der Waals surface area contributed by atoms with Gasteiger partial charge in [0.1, 0.15) is 5.82 Å².